The third-order valence-corrected chi connectivity index (χ3v) is 1.83. The molecular formula is C11H11N3O. The van der Waals surface area contributed by atoms with Gasteiger partial charge in [-0.25, -0.2) is 0 Å². The Balaban J connectivity index is 2.84. The van der Waals surface area contributed by atoms with Gasteiger partial charge >= 0.3 is 0 Å². The van der Waals surface area contributed by atoms with Crippen molar-refractivity contribution < 1.29 is 4.79 Å². The molecule has 4 heteroatoms. The summed E-state index contributed by atoms with van der Waals surface area (Å²) in [6.45, 7) is 0. The molecule has 0 aliphatic rings. The van der Waals surface area contributed by atoms with E-state index in [1.54, 1.807) is 30.4 Å². The molecule has 0 bridgehead atoms. The highest BCUT2D eigenvalue weighted by molar-refractivity contribution is 5.76. The van der Waals surface area contributed by atoms with Crippen LogP contribution in [0.1, 0.15) is 17.5 Å². The standard InChI is InChI=1S/C11H11N3O/c12-7-9-6-8(4-5-10(9)13)2-1-3-11(14)15/h1-2,4-6H,3,13H2,(H2,14,15). The fourth-order valence-corrected chi connectivity index (χ4v) is 1.09. The molecule has 0 aromatic heterocycles. The number of hydrogen-bond donors (Lipinski definition) is 2. The number of carbonyl (C=O) groups excluding carboxylic acids is 1. The Morgan fingerprint density at radius 1 is 1.53 bits per heavy atom. The largest absolute Gasteiger partial charge is 0.398 e. The van der Waals surface area contributed by atoms with Crippen LogP contribution in [0.25, 0.3) is 6.08 Å². The minimum atomic E-state index is -0.387. The minimum Gasteiger partial charge on any atom is -0.398 e. The first-order valence-electron chi connectivity index (χ1n) is 4.38. The zero-order valence-corrected chi connectivity index (χ0v) is 8.10. The second-order valence-corrected chi connectivity index (χ2v) is 3.03. The Kier molecular flexibility index (Phi) is 3.47. The maximum absolute atomic E-state index is 10.5. The molecule has 1 amide bonds. The van der Waals surface area contributed by atoms with Gasteiger partial charge in [0.2, 0.25) is 5.91 Å². The molecule has 0 atom stereocenters. The molecule has 0 aliphatic carbocycles. The molecule has 0 radical (unpaired) electrons. The number of primary amides is 1. The molecule has 0 spiro atoms. The Morgan fingerprint density at radius 3 is 2.87 bits per heavy atom. The highest BCUT2D eigenvalue weighted by Crippen LogP contribution is 2.14. The van der Waals surface area contributed by atoms with Gasteiger partial charge in [0.25, 0.3) is 0 Å². The molecule has 1 aromatic carbocycles. The molecule has 1 aromatic rings. The van der Waals surface area contributed by atoms with Crippen LogP contribution in [0.2, 0.25) is 0 Å². The van der Waals surface area contributed by atoms with Gasteiger partial charge < -0.3 is 11.5 Å². The van der Waals surface area contributed by atoms with Crippen LogP contribution in [-0.4, -0.2) is 5.91 Å². The number of anilines is 1. The lowest BCUT2D eigenvalue weighted by Gasteiger charge is -1.98. The van der Waals surface area contributed by atoms with Gasteiger partial charge in [-0.3, -0.25) is 4.79 Å². The van der Waals surface area contributed by atoms with Gasteiger partial charge in [0.05, 0.1) is 5.56 Å². The van der Waals surface area contributed by atoms with Crippen LogP contribution in [0, 0.1) is 11.3 Å². The van der Waals surface area contributed by atoms with E-state index in [4.69, 9.17) is 16.7 Å². The predicted octanol–water partition coefficient (Wildman–Crippen LogP) is 1.03. The number of benzene rings is 1. The van der Waals surface area contributed by atoms with E-state index in [0.29, 0.717) is 11.3 Å². The van der Waals surface area contributed by atoms with Gasteiger partial charge in [0.15, 0.2) is 0 Å². The average molecular weight is 201 g/mol. The molecule has 1 rings (SSSR count). The topological polar surface area (TPSA) is 92.9 Å². The Morgan fingerprint density at radius 2 is 2.27 bits per heavy atom. The fourth-order valence-electron chi connectivity index (χ4n) is 1.09. The van der Waals surface area contributed by atoms with Crippen molar-refractivity contribution >= 4 is 17.7 Å². The van der Waals surface area contributed by atoms with Gasteiger partial charge in [-0.2, -0.15) is 5.26 Å². The number of nitrogens with two attached hydrogens (primary N) is 2. The molecule has 0 saturated heterocycles. The Hall–Kier alpha value is -2.28. The first kappa shape index (κ1) is 10.8. The third-order valence-electron chi connectivity index (χ3n) is 1.83. The van der Waals surface area contributed by atoms with E-state index in [-0.39, 0.29) is 12.3 Å². The van der Waals surface area contributed by atoms with Crippen molar-refractivity contribution in [2.24, 2.45) is 5.73 Å². The lowest BCUT2D eigenvalue weighted by molar-refractivity contribution is -0.117. The van der Waals surface area contributed by atoms with Crippen molar-refractivity contribution in [1.82, 2.24) is 0 Å². The molecule has 0 aliphatic heterocycles. The van der Waals surface area contributed by atoms with Crippen molar-refractivity contribution in [3.63, 3.8) is 0 Å². The lowest BCUT2D eigenvalue weighted by atomic mass is 10.1. The second-order valence-electron chi connectivity index (χ2n) is 3.03. The number of nitrogens with zero attached hydrogens (tertiary/aromatic N) is 1. The molecular weight excluding hydrogens is 190 g/mol. The molecule has 4 nitrogen and oxygen atoms in total. The zero-order valence-electron chi connectivity index (χ0n) is 8.10. The smallest absolute Gasteiger partial charge is 0.221 e. The summed E-state index contributed by atoms with van der Waals surface area (Å²) in [7, 11) is 0. The number of nitrogen functional groups attached to an aromatic ring is 1. The summed E-state index contributed by atoms with van der Waals surface area (Å²) >= 11 is 0. The van der Waals surface area contributed by atoms with Crippen LogP contribution in [-0.2, 0) is 4.79 Å². The van der Waals surface area contributed by atoms with E-state index in [1.807, 2.05) is 6.07 Å². The summed E-state index contributed by atoms with van der Waals surface area (Å²) in [5.74, 6) is -0.387. The number of hydrogen-bond acceptors (Lipinski definition) is 3. The normalized spacial score (nSPS) is 10.1. The molecule has 76 valence electrons. The van der Waals surface area contributed by atoms with Crippen LogP contribution in [0.4, 0.5) is 5.69 Å². The SMILES string of the molecule is N#Cc1cc(C=CCC(N)=O)ccc1N. The summed E-state index contributed by atoms with van der Waals surface area (Å²) in [4.78, 5) is 10.5. The quantitative estimate of drug-likeness (QED) is 0.715. The Bertz CT molecular complexity index is 444. The maximum Gasteiger partial charge on any atom is 0.221 e. The molecule has 0 fully saturated rings. The summed E-state index contributed by atoms with van der Waals surface area (Å²) in [5, 5.41) is 8.73. The van der Waals surface area contributed by atoms with Crippen LogP contribution < -0.4 is 11.5 Å². The molecule has 0 unspecified atom stereocenters. The maximum atomic E-state index is 10.5. The van der Waals surface area contributed by atoms with Crippen LogP contribution in [0.15, 0.2) is 24.3 Å². The zero-order chi connectivity index (χ0) is 11.3. The van der Waals surface area contributed by atoms with E-state index >= 15 is 0 Å². The molecule has 15 heavy (non-hydrogen) atoms. The third kappa shape index (κ3) is 3.16. The average Bonchev–Trinajstić information content (AvgIpc) is 2.20. The van der Waals surface area contributed by atoms with Crippen molar-refractivity contribution in [3.8, 4) is 6.07 Å². The summed E-state index contributed by atoms with van der Waals surface area (Å²) in [6, 6.07) is 7.07. The molecule has 4 N–H and O–H groups in total. The lowest BCUT2D eigenvalue weighted by Crippen LogP contribution is -2.07. The summed E-state index contributed by atoms with van der Waals surface area (Å²) < 4.78 is 0. The number of nitriles is 1. The first-order valence-corrected chi connectivity index (χ1v) is 4.38. The van der Waals surface area contributed by atoms with Crippen molar-refractivity contribution in [2.75, 3.05) is 5.73 Å². The molecule has 0 heterocycles. The van der Waals surface area contributed by atoms with Gasteiger partial charge in [-0.15, -0.1) is 0 Å². The Labute approximate surface area is 87.8 Å². The fraction of sp³-hybridized carbons (Fsp3) is 0.0909. The first-order chi connectivity index (χ1) is 7.13. The van der Waals surface area contributed by atoms with Crippen LogP contribution >= 0.6 is 0 Å². The number of carbonyl (C=O) groups is 1. The van der Waals surface area contributed by atoms with Gasteiger partial charge in [0.1, 0.15) is 6.07 Å². The van der Waals surface area contributed by atoms with Crippen molar-refractivity contribution in [1.29, 1.82) is 5.26 Å². The van der Waals surface area contributed by atoms with Crippen molar-refractivity contribution in [3.05, 3.63) is 35.4 Å². The van der Waals surface area contributed by atoms with Crippen molar-refractivity contribution in [2.45, 2.75) is 6.42 Å². The van der Waals surface area contributed by atoms with E-state index in [1.165, 1.54) is 0 Å². The molecule has 0 saturated carbocycles. The van der Waals surface area contributed by atoms with Gasteiger partial charge in [-0.05, 0) is 17.7 Å². The van der Waals surface area contributed by atoms with E-state index in [9.17, 15) is 4.79 Å². The van der Waals surface area contributed by atoms with E-state index in [2.05, 4.69) is 0 Å². The van der Waals surface area contributed by atoms with E-state index in [0.717, 1.165) is 5.56 Å². The summed E-state index contributed by atoms with van der Waals surface area (Å²) in [5.41, 5.74) is 12.2. The van der Waals surface area contributed by atoms with Crippen LogP contribution in [0.5, 0.6) is 0 Å². The highest BCUT2D eigenvalue weighted by Gasteiger charge is 1.97. The number of amides is 1. The van der Waals surface area contributed by atoms with Gasteiger partial charge in [-0.1, -0.05) is 18.2 Å². The highest BCUT2D eigenvalue weighted by atomic mass is 16.1. The minimum absolute atomic E-state index is 0.187. The predicted molar refractivity (Wildman–Crippen MR) is 58.4 cm³/mol. The van der Waals surface area contributed by atoms with Crippen LogP contribution in [0.3, 0.4) is 0 Å². The number of rotatable bonds is 3. The summed E-state index contributed by atoms with van der Waals surface area (Å²) in [6.07, 6.45) is 3.56. The van der Waals surface area contributed by atoms with E-state index < -0.39 is 0 Å². The monoisotopic (exact) mass is 201 g/mol. The second kappa shape index (κ2) is 4.82. The van der Waals surface area contributed by atoms with Gasteiger partial charge in [0, 0.05) is 12.1 Å².